The molecule has 60 heavy (non-hydrogen) atoms. The number of hydrogen-bond acceptors (Lipinski definition) is 3. The molecule has 3 aliphatic carbocycles. The van der Waals surface area contributed by atoms with E-state index in [0.717, 1.165) is 99.1 Å². The Morgan fingerprint density at radius 2 is 0.500 bits per heavy atom. The molecule has 282 valence electrons. The van der Waals surface area contributed by atoms with E-state index in [4.69, 9.17) is 0 Å². The van der Waals surface area contributed by atoms with Gasteiger partial charge < -0.3 is 15.3 Å². The monoisotopic (exact) mass is 768 g/mol. The van der Waals surface area contributed by atoms with Crippen molar-refractivity contribution < 1.29 is 15.3 Å². The Bertz CT molecular complexity index is 3120. The number of rotatable bonds is 3. The summed E-state index contributed by atoms with van der Waals surface area (Å²) < 4.78 is 0. The standard InChI is InChI=1S/C57H36O3/c58-55(40-28-25-34-13-1-4-16-37(34)31-40)46-22-10-7-19-43(46)49-52(55)50-44-20-8-11-23-47(44)56(59,41-29-26-35-14-2-5-17-38(35)32-41)54(50)51-45-21-9-12-24-48(45)57(60,53(49)51)42-30-27-36-15-3-6-18-39(36)33-42/h1-33,58-60H/t55-,56-,57+/m0/s1. The van der Waals surface area contributed by atoms with E-state index >= 15 is 0 Å². The molecule has 0 unspecified atom stereocenters. The lowest BCUT2D eigenvalue weighted by Gasteiger charge is -2.34. The Morgan fingerprint density at radius 3 is 0.800 bits per heavy atom. The molecule has 3 heteroatoms. The van der Waals surface area contributed by atoms with E-state index in [2.05, 4.69) is 91.0 Å². The normalized spacial score (nSPS) is 20.4. The Balaban J connectivity index is 1.26. The smallest absolute Gasteiger partial charge is 0.142 e. The second-order valence-electron chi connectivity index (χ2n) is 16.7. The number of hydrogen-bond donors (Lipinski definition) is 3. The zero-order valence-corrected chi connectivity index (χ0v) is 32.4. The van der Waals surface area contributed by atoms with Crippen LogP contribution in [0.3, 0.4) is 0 Å². The van der Waals surface area contributed by atoms with Crippen molar-refractivity contribution in [3.63, 3.8) is 0 Å². The van der Waals surface area contributed by atoms with Gasteiger partial charge in [0.25, 0.3) is 0 Å². The molecule has 13 rings (SSSR count). The van der Waals surface area contributed by atoms with Crippen LogP contribution in [0.5, 0.6) is 0 Å². The highest BCUT2D eigenvalue weighted by Crippen LogP contribution is 2.69. The minimum Gasteiger partial charge on any atom is -0.376 e. The van der Waals surface area contributed by atoms with Gasteiger partial charge in [-0.1, -0.05) is 182 Å². The minimum atomic E-state index is -1.67. The first-order valence-electron chi connectivity index (χ1n) is 20.6. The molecule has 0 aliphatic heterocycles. The molecule has 0 saturated carbocycles. The molecule has 0 aromatic heterocycles. The van der Waals surface area contributed by atoms with E-state index in [-0.39, 0.29) is 0 Å². The van der Waals surface area contributed by atoms with Gasteiger partial charge in [-0.15, -0.1) is 0 Å². The maximum absolute atomic E-state index is 14.2. The zero-order chi connectivity index (χ0) is 40.0. The van der Waals surface area contributed by atoms with Gasteiger partial charge in [0.05, 0.1) is 0 Å². The fourth-order valence-corrected chi connectivity index (χ4v) is 11.2. The third-order valence-corrected chi connectivity index (χ3v) is 13.8. The molecule has 3 N–H and O–H groups in total. The Labute approximate surface area is 346 Å². The predicted octanol–water partition coefficient (Wildman–Crippen LogP) is 11.9. The van der Waals surface area contributed by atoms with Crippen LogP contribution in [0.2, 0.25) is 0 Å². The summed E-state index contributed by atoms with van der Waals surface area (Å²) in [5, 5.41) is 48.8. The average Bonchev–Trinajstić information content (AvgIpc) is 3.85. The molecule has 0 saturated heterocycles. The molecule has 3 nitrogen and oxygen atoms in total. The quantitative estimate of drug-likeness (QED) is 0.168. The van der Waals surface area contributed by atoms with E-state index in [1.54, 1.807) is 0 Å². The third-order valence-electron chi connectivity index (χ3n) is 13.8. The van der Waals surface area contributed by atoms with Crippen LogP contribution in [0, 0.1) is 0 Å². The number of fused-ring (bicyclic) bond motifs is 15. The lowest BCUT2D eigenvalue weighted by Crippen LogP contribution is -2.31. The van der Waals surface area contributed by atoms with Crippen molar-refractivity contribution in [2.45, 2.75) is 16.8 Å². The van der Waals surface area contributed by atoms with Crippen LogP contribution in [0.4, 0.5) is 0 Å². The Kier molecular flexibility index (Phi) is 6.62. The second kappa shape index (κ2) is 11.7. The van der Waals surface area contributed by atoms with Gasteiger partial charge in [-0.3, -0.25) is 0 Å². The molecular formula is C57H36O3. The topological polar surface area (TPSA) is 60.7 Å². The summed E-state index contributed by atoms with van der Waals surface area (Å²) >= 11 is 0. The van der Waals surface area contributed by atoms with E-state index in [1.165, 1.54) is 0 Å². The van der Waals surface area contributed by atoms with Crippen LogP contribution in [0.15, 0.2) is 200 Å². The summed E-state index contributed by atoms with van der Waals surface area (Å²) in [6.07, 6.45) is 0. The summed E-state index contributed by atoms with van der Waals surface area (Å²) in [5.74, 6) is 0. The van der Waals surface area contributed by atoms with Crippen molar-refractivity contribution in [3.05, 3.63) is 250 Å². The highest BCUT2D eigenvalue weighted by molar-refractivity contribution is 6.06. The van der Waals surface area contributed by atoms with Crippen LogP contribution in [0.25, 0.3) is 65.7 Å². The molecule has 0 amide bonds. The van der Waals surface area contributed by atoms with Crippen LogP contribution in [0.1, 0.15) is 50.1 Å². The SMILES string of the molecule is O[C@]1(c2ccc3ccccc3c2)c2ccccc2-c2c1c1c(c3c2[C@](O)(c2ccc4ccccc4c2)c2ccccc2-3)[C@](O)(c2ccc3ccccc3c2)c2ccccc2-1. The van der Waals surface area contributed by atoms with E-state index < -0.39 is 16.8 Å². The van der Waals surface area contributed by atoms with E-state index in [1.807, 2.05) is 109 Å². The molecule has 10 aromatic carbocycles. The van der Waals surface area contributed by atoms with Crippen LogP contribution >= 0.6 is 0 Å². The maximum Gasteiger partial charge on any atom is 0.142 e. The molecule has 0 bridgehead atoms. The predicted molar refractivity (Wildman–Crippen MR) is 241 cm³/mol. The lowest BCUT2D eigenvalue weighted by atomic mass is 9.73. The van der Waals surface area contributed by atoms with Gasteiger partial charge in [-0.05, 0) is 101 Å². The summed E-state index contributed by atoms with van der Waals surface area (Å²) in [5.41, 5.74) is 6.31. The minimum absolute atomic E-state index is 0.670. The van der Waals surface area contributed by atoms with Gasteiger partial charge in [0, 0.05) is 33.4 Å². The van der Waals surface area contributed by atoms with Crippen LogP contribution in [-0.2, 0) is 16.8 Å². The second-order valence-corrected chi connectivity index (χ2v) is 16.7. The zero-order valence-electron chi connectivity index (χ0n) is 32.4. The molecule has 0 heterocycles. The first kappa shape index (κ1) is 33.8. The Hall–Kier alpha value is -7.14. The van der Waals surface area contributed by atoms with Crippen molar-refractivity contribution in [2.75, 3.05) is 0 Å². The number of benzene rings is 10. The van der Waals surface area contributed by atoms with Crippen molar-refractivity contribution in [3.8, 4) is 33.4 Å². The lowest BCUT2D eigenvalue weighted by molar-refractivity contribution is 0.123. The van der Waals surface area contributed by atoms with Gasteiger partial charge >= 0.3 is 0 Å². The fourth-order valence-electron chi connectivity index (χ4n) is 11.2. The molecule has 0 radical (unpaired) electrons. The van der Waals surface area contributed by atoms with E-state index in [9.17, 15) is 15.3 Å². The van der Waals surface area contributed by atoms with Gasteiger partial charge in [-0.2, -0.15) is 0 Å². The first-order chi connectivity index (χ1) is 29.4. The van der Waals surface area contributed by atoms with Crippen molar-refractivity contribution in [1.82, 2.24) is 0 Å². The third kappa shape index (κ3) is 4.09. The molecule has 3 atom stereocenters. The van der Waals surface area contributed by atoms with Gasteiger partial charge in [0.2, 0.25) is 0 Å². The van der Waals surface area contributed by atoms with Crippen molar-refractivity contribution >= 4 is 32.3 Å². The van der Waals surface area contributed by atoms with Gasteiger partial charge in [0.15, 0.2) is 0 Å². The maximum atomic E-state index is 14.2. The van der Waals surface area contributed by atoms with Gasteiger partial charge in [-0.25, -0.2) is 0 Å². The average molecular weight is 769 g/mol. The van der Waals surface area contributed by atoms with Crippen LogP contribution < -0.4 is 0 Å². The Morgan fingerprint density at radius 1 is 0.250 bits per heavy atom. The first-order valence-corrected chi connectivity index (χ1v) is 20.6. The highest BCUT2D eigenvalue weighted by atomic mass is 16.3. The molecule has 3 aliphatic rings. The number of aliphatic hydroxyl groups is 3. The summed E-state index contributed by atoms with van der Waals surface area (Å²) in [4.78, 5) is 0. The largest absolute Gasteiger partial charge is 0.376 e. The van der Waals surface area contributed by atoms with Crippen molar-refractivity contribution in [1.29, 1.82) is 0 Å². The molecule has 0 fully saturated rings. The van der Waals surface area contributed by atoms with E-state index in [0.29, 0.717) is 16.7 Å². The fraction of sp³-hybridized carbons (Fsp3) is 0.0526. The summed E-state index contributed by atoms with van der Waals surface area (Å²) in [7, 11) is 0. The summed E-state index contributed by atoms with van der Waals surface area (Å²) in [6.45, 7) is 0. The highest BCUT2D eigenvalue weighted by Gasteiger charge is 2.59. The van der Waals surface area contributed by atoms with Crippen LogP contribution in [-0.4, -0.2) is 15.3 Å². The van der Waals surface area contributed by atoms with Crippen molar-refractivity contribution in [2.24, 2.45) is 0 Å². The molecule has 0 spiro atoms. The molecule has 10 aromatic rings. The molecular weight excluding hydrogens is 733 g/mol. The van der Waals surface area contributed by atoms with Gasteiger partial charge in [0.1, 0.15) is 16.8 Å². The summed E-state index contributed by atoms with van der Waals surface area (Å²) in [6, 6.07) is 67.7.